The molecule has 0 saturated heterocycles. The molecule has 0 heterocycles. The summed E-state index contributed by atoms with van der Waals surface area (Å²) >= 11 is 0. The van der Waals surface area contributed by atoms with Gasteiger partial charge in [0.1, 0.15) is 5.75 Å². The van der Waals surface area contributed by atoms with Gasteiger partial charge in [-0.3, -0.25) is 0 Å². The van der Waals surface area contributed by atoms with Crippen molar-refractivity contribution in [3.05, 3.63) is 59.7 Å². The number of nitriles is 1. The minimum absolute atomic E-state index is 0.185. The summed E-state index contributed by atoms with van der Waals surface area (Å²) in [6.45, 7) is 6.14. The minimum atomic E-state index is 0.185. The summed E-state index contributed by atoms with van der Waals surface area (Å²) in [4.78, 5) is 0. The molecule has 108 valence electrons. The van der Waals surface area contributed by atoms with Crippen molar-refractivity contribution in [2.75, 3.05) is 5.32 Å². The lowest BCUT2D eigenvalue weighted by molar-refractivity contribution is 0.242. The second kappa shape index (κ2) is 6.81. The second-order valence-electron chi connectivity index (χ2n) is 5.29. The van der Waals surface area contributed by atoms with Gasteiger partial charge >= 0.3 is 0 Å². The Kier molecular flexibility index (Phi) is 4.84. The van der Waals surface area contributed by atoms with Crippen molar-refractivity contribution in [3.63, 3.8) is 0 Å². The van der Waals surface area contributed by atoms with Gasteiger partial charge in [0.2, 0.25) is 0 Å². The number of nitrogens with one attached hydrogen (secondary N) is 1. The first kappa shape index (κ1) is 14.9. The third-order valence-corrected chi connectivity index (χ3v) is 3.15. The van der Waals surface area contributed by atoms with Crippen LogP contribution < -0.4 is 10.1 Å². The standard InChI is InChI=1S/C18H20N2O/c1-13(2)21-18-10-6-16(7-11-18)14(3)20-17-8-4-15(12-19)5-9-17/h4-11,13-14,20H,1-3H3. The number of ether oxygens (including phenoxy) is 1. The first-order valence-electron chi connectivity index (χ1n) is 7.12. The Hall–Kier alpha value is -2.47. The fraction of sp³-hybridized carbons (Fsp3) is 0.278. The first-order valence-corrected chi connectivity index (χ1v) is 7.12. The van der Waals surface area contributed by atoms with Crippen LogP contribution in [0.15, 0.2) is 48.5 Å². The van der Waals surface area contributed by atoms with Crippen LogP contribution in [0.1, 0.15) is 37.9 Å². The summed E-state index contributed by atoms with van der Waals surface area (Å²) < 4.78 is 5.64. The Morgan fingerprint density at radius 2 is 1.57 bits per heavy atom. The Morgan fingerprint density at radius 3 is 2.10 bits per heavy atom. The molecule has 0 fully saturated rings. The maximum Gasteiger partial charge on any atom is 0.119 e. The molecule has 2 aromatic rings. The Bertz CT molecular complexity index is 609. The number of anilines is 1. The quantitative estimate of drug-likeness (QED) is 0.875. The van der Waals surface area contributed by atoms with Gasteiger partial charge in [-0.25, -0.2) is 0 Å². The van der Waals surface area contributed by atoms with Crippen LogP contribution in [0.25, 0.3) is 0 Å². The summed E-state index contributed by atoms with van der Waals surface area (Å²) in [7, 11) is 0. The molecule has 0 amide bonds. The lowest BCUT2D eigenvalue weighted by atomic mass is 10.1. The van der Waals surface area contributed by atoms with E-state index in [0.717, 1.165) is 11.4 Å². The molecule has 21 heavy (non-hydrogen) atoms. The summed E-state index contributed by atoms with van der Waals surface area (Å²) in [5.74, 6) is 0.888. The molecule has 0 aliphatic heterocycles. The SMILES string of the molecule is CC(C)Oc1ccc(C(C)Nc2ccc(C#N)cc2)cc1. The molecule has 1 N–H and O–H groups in total. The molecular formula is C18H20N2O. The Labute approximate surface area is 126 Å². The molecule has 0 saturated carbocycles. The molecular weight excluding hydrogens is 260 g/mol. The predicted octanol–water partition coefficient (Wildman–Crippen LogP) is 4.52. The van der Waals surface area contributed by atoms with E-state index in [0.29, 0.717) is 5.56 Å². The van der Waals surface area contributed by atoms with E-state index in [1.54, 1.807) is 0 Å². The minimum Gasteiger partial charge on any atom is -0.491 e. The van der Waals surface area contributed by atoms with Crippen LogP contribution in [0.5, 0.6) is 5.75 Å². The fourth-order valence-corrected chi connectivity index (χ4v) is 2.08. The van der Waals surface area contributed by atoms with Crippen molar-refractivity contribution >= 4 is 5.69 Å². The van der Waals surface area contributed by atoms with E-state index >= 15 is 0 Å². The monoisotopic (exact) mass is 280 g/mol. The zero-order chi connectivity index (χ0) is 15.2. The molecule has 2 rings (SSSR count). The maximum absolute atomic E-state index is 8.79. The first-order chi connectivity index (χ1) is 10.1. The molecule has 0 aliphatic carbocycles. The average molecular weight is 280 g/mol. The third kappa shape index (κ3) is 4.25. The summed E-state index contributed by atoms with van der Waals surface area (Å²) in [5, 5.41) is 12.2. The van der Waals surface area contributed by atoms with Gasteiger partial charge in [0.05, 0.1) is 17.7 Å². The van der Waals surface area contributed by atoms with Crippen LogP contribution in [-0.4, -0.2) is 6.10 Å². The molecule has 3 nitrogen and oxygen atoms in total. The molecule has 0 aliphatic rings. The van der Waals surface area contributed by atoms with Gasteiger partial charge in [-0.05, 0) is 62.7 Å². The van der Waals surface area contributed by atoms with Gasteiger partial charge in [-0.2, -0.15) is 5.26 Å². The van der Waals surface area contributed by atoms with Gasteiger partial charge in [0.25, 0.3) is 0 Å². The van der Waals surface area contributed by atoms with E-state index in [2.05, 4.69) is 30.4 Å². The smallest absolute Gasteiger partial charge is 0.119 e. The van der Waals surface area contributed by atoms with Gasteiger partial charge in [0.15, 0.2) is 0 Å². The van der Waals surface area contributed by atoms with E-state index in [-0.39, 0.29) is 12.1 Å². The molecule has 0 spiro atoms. The van der Waals surface area contributed by atoms with Crippen LogP contribution in [0.4, 0.5) is 5.69 Å². The molecule has 2 aromatic carbocycles. The van der Waals surface area contributed by atoms with Crippen molar-refractivity contribution in [1.29, 1.82) is 5.26 Å². The maximum atomic E-state index is 8.79. The lowest BCUT2D eigenvalue weighted by Crippen LogP contribution is -2.08. The molecule has 0 aromatic heterocycles. The number of benzene rings is 2. The van der Waals surface area contributed by atoms with Crippen molar-refractivity contribution in [2.24, 2.45) is 0 Å². The zero-order valence-corrected chi connectivity index (χ0v) is 12.6. The van der Waals surface area contributed by atoms with Gasteiger partial charge in [-0.1, -0.05) is 12.1 Å². The molecule has 0 radical (unpaired) electrons. The van der Waals surface area contributed by atoms with E-state index in [1.807, 2.05) is 50.2 Å². The van der Waals surface area contributed by atoms with E-state index in [4.69, 9.17) is 10.00 Å². The number of nitrogens with zero attached hydrogens (tertiary/aromatic N) is 1. The normalized spacial score (nSPS) is 11.8. The average Bonchev–Trinajstić information content (AvgIpc) is 2.48. The largest absolute Gasteiger partial charge is 0.491 e. The molecule has 1 unspecified atom stereocenters. The van der Waals surface area contributed by atoms with Crippen LogP contribution in [0.3, 0.4) is 0 Å². The van der Waals surface area contributed by atoms with Crippen molar-refractivity contribution in [1.82, 2.24) is 0 Å². The third-order valence-electron chi connectivity index (χ3n) is 3.15. The van der Waals surface area contributed by atoms with Gasteiger partial charge in [-0.15, -0.1) is 0 Å². The van der Waals surface area contributed by atoms with Crippen molar-refractivity contribution in [2.45, 2.75) is 32.9 Å². The van der Waals surface area contributed by atoms with Crippen molar-refractivity contribution < 1.29 is 4.74 Å². The summed E-state index contributed by atoms with van der Waals surface area (Å²) in [6, 6.07) is 17.9. The van der Waals surface area contributed by atoms with Crippen LogP contribution in [-0.2, 0) is 0 Å². The summed E-state index contributed by atoms with van der Waals surface area (Å²) in [6.07, 6.45) is 0.185. The zero-order valence-electron chi connectivity index (χ0n) is 12.6. The fourth-order valence-electron chi connectivity index (χ4n) is 2.08. The van der Waals surface area contributed by atoms with E-state index < -0.39 is 0 Å². The van der Waals surface area contributed by atoms with Gasteiger partial charge in [0, 0.05) is 11.7 Å². The highest BCUT2D eigenvalue weighted by atomic mass is 16.5. The van der Waals surface area contributed by atoms with Crippen LogP contribution in [0, 0.1) is 11.3 Å². The number of rotatable bonds is 5. The highest BCUT2D eigenvalue weighted by molar-refractivity contribution is 5.49. The molecule has 1 atom stereocenters. The molecule has 0 bridgehead atoms. The highest BCUT2D eigenvalue weighted by Gasteiger charge is 2.06. The number of hydrogen-bond acceptors (Lipinski definition) is 3. The van der Waals surface area contributed by atoms with E-state index in [9.17, 15) is 0 Å². The van der Waals surface area contributed by atoms with Crippen molar-refractivity contribution in [3.8, 4) is 11.8 Å². The van der Waals surface area contributed by atoms with Crippen LogP contribution >= 0.6 is 0 Å². The predicted molar refractivity (Wildman–Crippen MR) is 85.4 cm³/mol. The highest BCUT2D eigenvalue weighted by Crippen LogP contribution is 2.22. The second-order valence-corrected chi connectivity index (χ2v) is 5.29. The summed E-state index contributed by atoms with van der Waals surface area (Å²) in [5.41, 5.74) is 2.86. The van der Waals surface area contributed by atoms with E-state index in [1.165, 1.54) is 5.56 Å². The Morgan fingerprint density at radius 1 is 0.952 bits per heavy atom. The van der Waals surface area contributed by atoms with Crippen LogP contribution in [0.2, 0.25) is 0 Å². The Balaban J connectivity index is 2.02. The topological polar surface area (TPSA) is 45.0 Å². The van der Waals surface area contributed by atoms with Gasteiger partial charge < -0.3 is 10.1 Å². The molecule has 3 heteroatoms. The number of hydrogen-bond donors (Lipinski definition) is 1. The lowest BCUT2D eigenvalue weighted by Gasteiger charge is -2.17.